The summed E-state index contributed by atoms with van der Waals surface area (Å²) in [5, 5.41) is 9.07. The lowest BCUT2D eigenvalue weighted by Crippen LogP contribution is -2.55. The van der Waals surface area contributed by atoms with Gasteiger partial charge in [0, 0.05) is 36.8 Å². The molecule has 2 aromatic carbocycles. The molecule has 1 saturated heterocycles. The zero-order valence-electron chi connectivity index (χ0n) is 22.6. The second-order valence-electron chi connectivity index (χ2n) is 10.5. The van der Waals surface area contributed by atoms with Gasteiger partial charge in [-0.05, 0) is 49.8 Å². The third-order valence-corrected chi connectivity index (χ3v) is 7.90. The molecular weight excluding hydrogens is 573 g/mol. The number of piperazine rings is 1. The topological polar surface area (TPSA) is 99.2 Å². The van der Waals surface area contributed by atoms with Crippen LogP contribution in [0.2, 0.25) is 15.1 Å². The van der Waals surface area contributed by atoms with Gasteiger partial charge >= 0.3 is 0 Å². The summed E-state index contributed by atoms with van der Waals surface area (Å²) >= 11 is 19.1. The van der Waals surface area contributed by atoms with E-state index in [0.29, 0.717) is 62.0 Å². The average Bonchev–Trinajstić information content (AvgIpc) is 3.26. The number of H-pyrrole nitrogens is 1. The molecule has 1 atom stereocenters. The van der Waals surface area contributed by atoms with E-state index in [1.807, 2.05) is 52.2 Å². The van der Waals surface area contributed by atoms with Crippen molar-refractivity contribution in [2.45, 2.75) is 32.2 Å². The van der Waals surface area contributed by atoms with Crippen LogP contribution < -0.4 is 10.9 Å². The number of hydrogen-bond acceptors (Lipinski definition) is 6. The smallest absolute Gasteiger partial charge is 0.262 e. The highest BCUT2D eigenvalue weighted by atomic mass is 35.5. The molecule has 2 N–H and O–H groups in total. The van der Waals surface area contributed by atoms with E-state index in [-0.39, 0.29) is 23.4 Å². The fourth-order valence-electron chi connectivity index (χ4n) is 4.89. The van der Waals surface area contributed by atoms with Crippen molar-refractivity contribution in [1.29, 1.82) is 0 Å². The Kier molecular flexibility index (Phi) is 8.22. The Labute approximate surface area is 247 Å². The summed E-state index contributed by atoms with van der Waals surface area (Å²) in [6.07, 6.45) is 0.361. The molecule has 4 aromatic rings. The molecule has 40 heavy (non-hydrogen) atoms. The number of benzene rings is 2. The summed E-state index contributed by atoms with van der Waals surface area (Å²) < 4.78 is 1.52. The van der Waals surface area contributed by atoms with Crippen molar-refractivity contribution in [2.24, 2.45) is 0 Å². The van der Waals surface area contributed by atoms with E-state index in [2.05, 4.69) is 25.2 Å². The van der Waals surface area contributed by atoms with E-state index in [1.165, 1.54) is 4.68 Å². The van der Waals surface area contributed by atoms with Gasteiger partial charge in [-0.25, -0.2) is 9.67 Å². The number of aromatic amines is 1. The molecule has 2 aromatic heterocycles. The Bertz CT molecular complexity index is 1610. The Morgan fingerprint density at radius 3 is 2.42 bits per heavy atom. The highest BCUT2D eigenvalue weighted by Gasteiger charge is 2.28. The van der Waals surface area contributed by atoms with Gasteiger partial charge in [-0.15, -0.1) is 0 Å². The van der Waals surface area contributed by atoms with Gasteiger partial charge in [-0.1, -0.05) is 60.8 Å². The van der Waals surface area contributed by atoms with E-state index < -0.39 is 0 Å². The van der Waals surface area contributed by atoms with E-state index >= 15 is 0 Å². The molecule has 12 heteroatoms. The second kappa shape index (κ2) is 11.5. The predicted molar refractivity (Wildman–Crippen MR) is 160 cm³/mol. The van der Waals surface area contributed by atoms with Crippen LogP contribution in [0.15, 0.2) is 41.2 Å². The summed E-state index contributed by atoms with van der Waals surface area (Å²) in [6, 6.07) is 10.5. The predicted octanol–water partition coefficient (Wildman–Crippen LogP) is 4.97. The maximum Gasteiger partial charge on any atom is 0.262 e. The average molecular weight is 603 g/mol. The number of carbonyl (C=O) groups is 1. The Morgan fingerprint density at radius 1 is 1.10 bits per heavy atom. The Balaban J connectivity index is 1.43. The van der Waals surface area contributed by atoms with Crippen LogP contribution in [0, 0.1) is 0 Å². The lowest BCUT2D eigenvalue weighted by molar-refractivity contribution is -0.122. The van der Waals surface area contributed by atoms with Crippen LogP contribution in [0.1, 0.15) is 36.8 Å². The first-order valence-corrected chi connectivity index (χ1v) is 14.1. The number of nitrogens with one attached hydrogen (secondary N) is 2. The molecule has 1 aliphatic heterocycles. The standard InChI is InChI=1S/C28H30Cl3N7O2/c1-15(2)24-23-26(38(35-24)25-19(30)12-17(29)13-20(25)31)33-22(34-28(23)40)11-16-5-7-18(8-6-16)32-27(39)21-14-36(3)9-10-37(21)4/h5-8,12-13,15,21H,9-11,14H2,1-4H3,(H,32,39)(H,33,34,40). The maximum atomic E-state index is 13.3. The van der Waals surface area contributed by atoms with Crippen molar-refractivity contribution in [1.82, 2.24) is 29.5 Å². The van der Waals surface area contributed by atoms with E-state index in [9.17, 15) is 9.59 Å². The summed E-state index contributed by atoms with van der Waals surface area (Å²) in [6.45, 7) is 6.38. The van der Waals surface area contributed by atoms with Crippen molar-refractivity contribution < 1.29 is 4.79 Å². The Hall–Kier alpha value is -2.95. The fraction of sp³-hybridized carbons (Fsp3) is 0.357. The molecule has 0 bridgehead atoms. The molecule has 0 spiro atoms. The van der Waals surface area contributed by atoms with Gasteiger partial charge in [-0.3, -0.25) is 14.5 Å². The zero-order valence-corrected chi connectivity index (χ0v) is 24.9. The van der Waals surface area contributed by atoms with E-state index in [4.69, 9.17) is 39.8 Å². The Morgan fingerprint density at radius 2 is 1.77 bits per heavy atom. The number of aromatic nitrogens is 4. The molecule has 1 amide bonds. The zero-order chi connectivity index (χ0) is 28.7. The number of hydrogen-bond donors (Lipinski definition) is 2. The van der Waals surface area contributed by atoms with Crippen LogP contribution in [-0.4, -0.2) is 75.2 Å². The number of anilines is 1. The van der Waals surface area contributed by atoms with Crippen molar-refractivity contribution >= 4 is 57.4 Å². The quantitative estimate of drug-likeness (QED) is 0.324. The van der Waals surface area contributed by atoms with Crippen LogP contribution >= 0.6 is 34.8 Å². The van der Waals surface area contributed by atoms with Crippen LogP contribution in [0.25, 0.3) is 16.7 Å². The van der Waals surface area contributed by atoms with Gasteiger partial charge in [0.15, 0.2) is 5.65 Å². The van der Waals surface area contributed by atoms with Crippen LogP contribution in [0.3, 0.4) is 0 Å². The number of halogens is 3. The minimum atomic E-state index is -0.290. The van der Waals surface area contributed by atoms with Crippen molar-refractivity contribution in [3.63, 3.8) is 0 Å². The van der Waals surface area contributed by atoms with Gasteiger partial charge in [0.05, 0.1) is 15.7 Å². The van der Waals surface area contributed by atoms with Crippen LogP contribution in [-0.2, 0) is 11.2 Å². The first kappa shape index (κ1) is 28.6. The molecule has 1 aliphatic rings. The second-order valence-corrected chi connectivity index (χ2v) is 11.8. The minimum Gasteiger partial charge on any atom is -0.325 e. The highest BCUT2D eigenvalue weighted by molar-refractivity contribution is 6.40. The first-order valence-electron chi connectivity index (χ1n) is 13.0. The van der Waals surface area contributed by atoms with Gasteiger partial charge < -0.3 is 15.2 Å². The number of fused-ring (bicyclic) bond motifs is 1. The molecule has 1 unspecified atom stereocenters. The SMILES string of the molecule is CC(C)c1nn(-c2c(Cl)cc(Cl)cc2Cl)c2nc(Cc3ccc(NC(=O)C4CN(C)CCN4C)cc3)[nH]c(=O)c12. The first-order chi connectivity index (χ1) is 19.0. The summed E-state index contributed by atoms with van der Waals surface area (Å²) in [7, 11) is 3.99. The minimum absolute atomic E-state index is 0.0352. The molecule has 3 heterocycles. The maximum absolute atomic E-state index is 13.3. The van der Waals surface area contributed by atoms with Crippen LogP contribution in [0.5, 0.6) is 0 Å². The lowest BCUT2D eigenvalue weighted by atomic mass is 10.1. The summed E-state index contributed by atoms with van der Waals surface area (Å²) in [4.78, 5) is 38.0. The molecule has 0 radical (unpaired) electrons. The van der Waals surface area contributed by atoms with Gasteiger partial charge in [0.25, 0.3) is 5.56 Å². The summed E-state index contributed by atoms with van der Waals surface area (Å²) in [5.41, 5.74) is 2.68. The lowest BCUT2D eigenvalue weighted by Gasteiger charge is -2.36. The molecule has 5 rings (SSSR count). The number of nitrogens with zero attached hydrogens (tertiary/aromatic N) is 5. The third-order valence-electron chi connectivity index (χ3n) is 7.10. The fourth-order valence-corrected chi connectivity index (χ4v) is 5.87. The van der Waals surface area contributed by atoms with Crippen molar-refractivity contribution in [2.75, 3.05) is 39.0 Å². The molecule has 1 fully saturated rings. The van der Waals surface area contributed by atoms with Gasteiger partial charge in [0.2, 0.25) is 5.91 Å². The molecular formula is C28H30Cl3N7O2. The largest absolute Gasteiger partial charge is 0.325 e. The van der Waals surface area contributed by atoms with Gasteiger partial charge in [0.1, 0.15) is 22.9 Å². The molecule has 9 nitrogen and oxygen atoms in total. The number of amides is 1. The normalized spacial score (nSPS) is 16.6. The van der Waals surface area contributed by atoms with Crippen molar-refractivity contribution in [3.8, 4) is 5.69 Å². The molecule has 0 aliphatic carbocycles. The van der Waals surface area contributed by atoms with Gasteiger partial charge in [-0.2, -0.15) is 5.10 Å². The molecule has 0 saturated carbocycles. The van der Waals surface area contributed by atoms with Crippen molar-refractivity contribution in [3.05, 3.63) is 78.9 Å². The van der Waals surface area contributed by atoms with Crippen LogP contribution in [0.4, 0.5) is 5.69 Å². The molecule has 210 valence electrons. The number of carbonyl (C=O) groups excluding carboxylic acids is 1. The highest BCUT2D eigenvalue weighted by Crippen LogP contribution is 2.34. The number of rotatable bonds is 6. The third kappa shape index (κ3) is 5.75. The summed E-state index contributed by atoms with van der Waals surface area (Å²) in [5.74, 6) is 0.379. The monoisotopic (exact) mass is 601 g/mol. The number of likely N-dealkylation sites (N-methyl/N-ethyl adjacent to an activating group) is 2. The van der Waals surface area contributed by atoms with E-state index in [1.54, 1.807) is 12.1 Å². The van der Waals surface area contributed by atoms with E-state index in [0.717, 1.165) is 18.7 Å².